The van der Waals surface area contributed by atoms with Crippen LogP contribution in [0.4, 0.5) is 9.59 Å². The lowest BCUT2D eigenvalue weighted by Crippen LogP contribution is -2.44. The van der Waals surface area contributed by atoms with Crippen LogP contribution in [-0.4, -0.2) is 96.6 Å². The van der Waals surface area contributed by atoms with Crippen LogP contribution in [0.5, 0.6) is 5.88 Å². The second-order valence-corrected chi connectivity index (χ2v) is 18.9. The molecule has 2 aromatic carbocycles. The molecule has 0 saturated carbocycles. The standard InChI is InChI=1S/C47H52Cl2N8O8/c1-46(2,3)64-44(61)55(24-29-14-16-38(58)52-29)23-28-21-51-37-20-27(18-19-57(37)43(28)60)31-10-8-11-32(40(31)48)33-12-9-13-34(41(33)49)35-22-50-36(42(54-35)63-7)26-56(45(62)65-47(4,5)6)25-30-15-17-39(59)53-30/h8-13,18-22,29-30H,14-17,23-26H2,1-7H3,(H,52,58)(H,53,59)/t29-,30-/m0/s1. The van der Waals surface area contributed by atoms with E-state index >= 15 is 0 Å². The molecular formula is C47H52Cl2N8O8. The summed E-state index contributed by atoms with van der Waals surface area (Å²) in [5, 5.41) is 6.55. The fraction of sp³-hybridized carbons (Fsp3) is 0.404. The van der Waals surface area contributed by atoms with Gasteiger partial charge >= 0.3 is 12.2 Å². The molecular weight excluding hydrogens is 875 g/mol. The first kappa shape index (κ1) is 46.7. The van der Waals surface area contributed by atoms with Gasteiger partial charge in [-0.2, -0.15) is 0 Å². The summed E-state index contributed by atoms with van der Waals surface area (Å²) in [6.07, 6.45) is 5.38. The number of carbonyl (C=O) groups is 4. The number of methoxy groups -OCH3 is 1. The molecule has 0 spiro atoms. The van der Waals surface area contributed by atoms with Gasteiger partial charge in [0.2, 0.25) is 17.7 Å². The molecule has 4 amide bonds. The van der Waals surface area contributed by atoms with E-state index in [9.17, 15) is 24.0 Å². The van der Waals surface area contributed by atoms with Crippen LogP contribution in [0.2, 0.25) is 10.0 Å². The largest absolute Gasteiger partial charge is 0.480 e. The van der Waals surface area contributed by atoms with Crippen molar-refractivity contribution in [3.63, 3.8) is 0 Å². The first-order valence-electron chi connectivity index (χ1n) is 21.3. The third-order valence-corrected chi connectivity index (χ3v) is 11.5. The molecule has 2 N–H and O–H groups in total. The number of fused-ring (bicyclic) bond motifs is 1. The van der Waals surface area contributed by atoms with Crippen LogP contribution < -0.4 is 20.9 Å². The van der Waals surface area contributed by atoms with E-state index in [1.54, 1.807) is 66.1 Å². The number of hydrogen-bond acceptors (Lipinski definition) is 11. The van der Waals surface area contributed by atoms with Gasteiger partial charge in [0, 0.05) is 72.7 Å². The van der Waals surface area contributed by atoms with Crippen molar-refractivity contribution < 1.29 is 33.4 Å². The second-order valence-electron chi connectivity index (χ2n) is 18.1. The Hall–Kier alpha value is -6.26. The number of halogens is 2. The Kier molecular flexibility index (Phi) is 13.7. The number of amides is 4. The van der Waals surface area contributed by atoms with Crippen molar-refractivity contribution in [2.45, 2.75) is 104 Å². The minimum Gasteiger partial charge on any atom is -0.480 e. The predicted octanol–water partition coefficient (Wildman–Crippen LogP) is 7.83. The van der Waals surface area contributed by atoms with Gasteiger partial charge in [-0.1, -0.05) is 59.6 Å². The first-order chi connectivity index (χ1) is 30.8. The lowest BCUT2D eigenvalue weighted by atomic mass is 9.97. The van der Waals surface area contributed by atoms with Crippen molar-refractivity contribution in [2.24, 2.45) is 0 Å². The van der Waals surface area contributed by atoms with Gasteiger partial charge in [0.15, 0.2) is 0 Å². The van der Waals surface area contributed by atoms with Crippen LogP contribution in [0.3, 0.4) is 0 Å². The summed E-state index contributed by atoms with van der Waals surface area (Å²) in [5.41, 5.74) is 2.75. The van der Waals surface area contributed by atoms with E-state index in [4.69, 9.17) is 42.4 Å². The highest BCUT2D eigenvalue weighted by Crippen LogP contribution is 2.42. The molecule has 2 aliphatic heterocycles. The van der Waals surface area contributed by atoms with Gasteiger partial charge in [-0.05, 0) is 72.1 Å². The quantitative estimate of drug-likeness (QED) is 0.124. The highest BCUT2D eigenvalue weighted by Gasteiger charge is 2.31. The van der Waals surface area contributed by atoms with Crippen molar-refractivity contribution in [1.82, 2.24) is 39.8 Å². The topological polar surface area (TPSA) is 187 Å². The fourth-order valence-corrected chi connectivity index (χ4v) is 8.36. The minimum atomic E-state index is -0.766. The molecule has 2 saturated heterocycles. The molecule has 5 aromatic rings. The monoisotopic (exact) mass is 926 g/mol. The Labute approximate surface area is 386 Å². The van der Waals surface area contributed by atoms with Crippen LogP contribution in [0.1, 0.15) is 78.5 Å². The van der Waals surface area contributed by atoms with Crippen LogP contribution >= 0.6 is 23.2 Å². The molecule has 16 nitrogen and oxygen atoms in total. The number of pyridine rings is 1. The zero-order chi connectivity index (χ0) is 46.8. The van der Waals surface area contributed by atoms with Gasteiger partial charge in [-0.15, -0.1) is 0 Å². The average Bonchev–Trinajstić information content (AvgIpc) is 3.86. The molecule has 0 bridgehead atoms. The number of nitrogens with one attached hydrogen (secondary N) is 2. The summed E-state index contributed by atoms with van der Waals surface area (Å²) in [4.78, 5) is 81.2. The van der Waals surface area contributed by atoms with E-state index in [1.165, 1.54) is 27.5 Å². The van der Waals surface area contributed by atoms with Crippen molar-refractivity contribution >= 4 is 52.8 Å². The summed E-state index contributed by atoms with van der Waals surface area (Å²) in [7, 11) is 1.47. The summed E-state index contributed by atoms with van der Waals surface area (Å²) in [6, 6.07) is 14.1. The highest BCUT2D eigenvalue weighted by atomic mass is 35.5. The van der Waals surface area contributed by atoms with E-state index in [1.807, 2.05) is 36.4 Å². The van der Waals surface area contributed by atoms with Crippen molar-refractivity contribution in [3.8, 4) is 39.4 Å². The summed E-state index contributed by atoms with van der Waals surface area (Å²) >= 11 is 14.3. The minimum absolute atomic E-state index is 0.0169. The second kappa shape index (κ2) is 19.1. The zero-order valence-corrected chi connectivity index (χ0v) is 38.9. The van der Waals surface area contributed by atoms with Crippen LogP contribution in [0.25, 0.3) is 39.2 Å². The first-order valence-corrected chi connectivity index (χ1v) is 22.1. The molecule has 7 rings (SSSR count). The van der Waals surface area contributed by atoms with E-state index < -0.39 is 23.4 Å². The Balaban J connectivity index is 1.14. The molecule has 2 atom stereocenters. The molecule has 2 aliphatic rings. The molecule has 5 heterocycles. The third kappa shape index (κ3) is 11.2. The molecule has 0 unspecified atom stereocenters. The number of benzene rings is 2. The molecule has 342 valence electrons. The zero-order valence-electron chi connectivity index (χ0n) is 37.4. The number of rotatable bonds is 12. The smallest absolute Gasteiger partial charge is 0.410 e. The van der Waals surface area contributed by atoms with Gasteiger partial charge in [-0.3, -0.25) is 23.8 Å². The predicted molar refractivity (Wildman–Crippen MR) is 246 cm³/mol. The highest BCUT2D eigenvalue weighted by molar-refractivity contribution is 6.39. The molecule has 0 aliphatic carbocycles. The van der Waals surface area contributed by atoms with Crippen molar-refractivity contribution in [2.75, 3.05) is 20.2 Å². The Morgan fingerprint density at radius 1 is 0.754 bits per heavy atom. The van der Waals surface area contributed by atoms with E-state index in [0.29, 0.717) is 80.6 Å². The van der Waals surface area contributed by atoms with Crippen molar-refractivity contribution in [3.05, 3.63) is 98.8 Å². The lowest BCUT2D eigenvalue weighted by molar-refractivity contribution is -0.120. The number of ether oxygens (including phenoxy) is 3. The summed E-state index contributed by atoms with van der Waals surface area (Å²) in [6.45, 7) is 11.0. The maximum atomic E-state index is 13.8. The SMILES string of the molecule is COc1nc(-c2cccc(-c3cccc(-c4ccn5c(=O)c(CN(C[C@@H]6CCC(=O)N6)C(=O)OC(C)(C)C)cnc5c4)c3Cl)c2Cl)cnc1CN(C[C@@H]1CCC(=O)N1)C(=O)OC(C)(C)C. The van der Waals surface area contributed by atoms with Crippen LogP contribution in [-0.2, 0) is 32.2 Å². The van der Waals surface area contributed by atoms with E-state index in [-0.39, 0.29) is 67.1 Å². The third-order valence-electron chi connectivity index (χ3n) is 10.7. The lowest BCUT2D eigenvalue weighted by Gasteiger charge is -2.29. The molecule has 2 fully saturated rings. The maximum absolute atomic E-state index is 13.8. The molecule has 3 aromatic heterocycles. The van der Waals surface area contributed by atoms with E-state index in [2.05, 4.69) is 20.6 Å². The van der Waals surface area contributed by atoms with Gasteiger partial charge in [0.05, 0.1) is 47.7 Å². The molecule has 0 radical (unpaired) electrons. The Morgan fingerprint density at radius 3 is 1.83 bits per heavy atom. The maximum Gasteiger partial charge on any atom is 0.410 e. The van der Waals surface area contributed by atoms with Gasteiger partial charge < -0.3 is 34.6 Å². The molecule has 18 heteroatoms. The summed E-state index contributed by atoms with van der Waals surface area (Å²) in [5.74, 6) is 0.0335. The number of nitrogens with zero attached hydrogens (tertiary/aromatic N) is 6. The van der Waals surface area contributed by atoms with E-state index in [0.717, 1.165) is 0 Å². The molecule has 65 heavy (non-hydrogen) atoms. The summed E-state index contributed by atoms with van der Waals surface area (Å²) < 4.78 is 18.4. The Bertz CT molecular complexity index is 2710. The van der Waals surface area contributed by atoms with Crippen LogP contribution in [0, 0.1) is 0 Å². The van der Waals surface area contributed by atoms with Crippen molar-refractivity contribution in [1.29, 1.82) is 0 Å². The fourth-order valence-electron chi connectivity index (χ4n) is 7.70. The van der Waals surface area contributed by atoms with Gasteiger partial charge in [0.1, 0.15) is 22.5 Å². The number of hydrogen-bond donors (Lipinski definition) is 2. The van der Waals surface area contributed by atoms with Crippen LogP contribution in [0.15, 0.2) is 71.9 Å². The van der Waals surface area contributed by atoms with Gasteiger partial charge in [-0.25, -0.2) is 19.6 Å². The van der Waals surface area contributed by atoms with Gasteiger partial charge in [0.25, 0.3) is 5.56 Å². The number of carbonyl (C=O) groups excluding carboxylic acids is 4. The average molecular weight is 928 g/mol. The Morgan fingerprint density at radius 2 is 1.29 bits per heavy atom. The normalized spacial score (nSPS) is 16.3. The number of aromatic nitrogens is 4.